The molecule has 1 aliphatic rings. The fraction of sp³-hybridized carbons (Fsp3) is 0.938. The number of ether oxygens (including phenoxy) is 1. The number of guanidine groups is 1. The van der Waals surface area contributed by atoms with Crippen molar-refractivity contribution in [3.8, 4) is 0 Å². The van der Waals surface area contributed by atoms with Gasteiger partial charge in [0.1, 0.15) is 0 Å². The van der Waals surface area contributed by atoms with Gasteiger partial charge in [-0.3, -0.25) is 4.99 Å². The average molecular weight is 298 g/mol. The Kier molecular flexibility index (Phi) is 10.3. The van der Waals surface area contributed by atoms with Crippen LogP contribution in [-0.4, -0.2) is 62.8 Å². The third-order valence-corrected chi connectivity index (χ3v) is 3.91. The zero-order valence-electron chi connectivity index (χ0n) is 14.2. The normalized spacial score (nSPS) is 19.2. The highest BCUT2D eigenvalue weighted by Crippen LogP contribution is 2.11. The molecule has 0 aromatic carbocycles. The van der Waals surface area contributed by atoms with Crippen molar-refractivity contribution in [1.29, 1.82) is 0 Å². The monoisotopic (exact) mass is 298 g/mol. The van der Waals surface area contributed by atoms with Crippen LogP contribution in [-0.2, 0) is 4.74 Å². The molecular weight excluding hydrogens is 264 g/mol. The summed E-state index contributed by atoms with van der Waals surface area (Å²) in [5.41, 5.74) is 0. The summed E-state index contributed by atoms with van der Waals surface area (Å²) in [4.78, 5) is 7.09. The van der Waals surface area contributed by atoms with E-state index in [0.717, 1.165) is 51.7 Å². The van der Waals surface area contributed by atoms with Crippen LogP contribution in [0.3, 0.4) is 0 Å². The molecule has 1 aliphatic heterocycles. The minimum Gasteiger partial charge on any atom is -0.376 e. The van der Waals surface area contributed by atoms with Crippen molar-refractivity contribution in [2.24, 2.45) is 4.99 Å². The maximum atomic E-state index is 5.61. The van der Waals surface area contributed by atoms with Gasteiger partial charge in [0.05, 0.1) is 12.6 Å². The van der Waals surface area contributed by atoms with Gasteiger partial charge >= 0.3 is 0 Å². The molecule has 0 radical (unpaired) electrons. The summed E-state index contributed by atoms with van der Waals surface area (Å²) in [6, 6.07) is 0. The molecule has 124 valence electrons. The Hall–Kier alpha value is -0.810. The van der Waals surface area contributed by atoms with E-state index in [2.05, 4.69) is 41.3 Å². The Morgan fingerprint density at radius 2 is 2.00 bits per heavy atom. The lowest BCUT2D eigenvalue weighted by Gasteiger charge is -2.18. The molecule has 0 amide bonds. The predicted molar refractivity (Wildman–Crippen MR) is 90.0 cm³/mol. The molecular formula is C16H34N4O. The maximum absolute atomic E-state index is 5.61. The van der Waals surface area contributed by atoms with E-state index in [1.165, 1.54) is 25.8 Å². The fourth-order valence-corrected chi connectivity index (χ4v) is 2.53. The Labute approximate surface area is 130 Å². The minimum atomic E-state index is 0.322. The zero-order valence-corrected chi connectivity index (χ0v) is 14.2. The van der Waals surface area contributed by atoms with E-state index in [1.807, 2.05) is 0 Å². The lowest BCUT2D eigenvalue weighted by molar-refractivity contribution is 0.117. The zero-order chi connectivity index (χ0) is 15.3. The number of hydrogen-bond acceptors (Lipinski definition) is 3. The summed E-state index contributed by atoms with van der Waals surface area (Å²) in [6.45, 7) is 13.6. The van der Waals surface area contributed by atoms with Crippen LogP contribution >= 0.6 is 0 Å². The SMILES string of the molecule is CCNC(=NCC1CCCO1)NCCCCN(CC)CC. The molecule has 0 aliphatic carbocycles. The van der Waals surface area contributed by atoms with Crippen LogP contribution in [0.2, 0.25) is 0 Å². The third-order valence-electron chi connectivity index (χ3n) is 3.91. The second-order valence-electron chi connectivity index (χ2n) is 5.52. The molecule has 0 aromatic heterocycles. The van der Waals surface area contributed by atoms with Crippen molar-refractivity contribution < 1.29 is 4.74 Å². The largest absolute Gasteiger partial charge is 0.376 e. The summed E-state index contributed by atoms with van der Waals surface area (Å²) >= 11 is 0. The smallest absolute Gasteiger partial charge is 0.191 e. The summed E-state index contributed by atoms with van der Waals surface area (Å²) < 4.78 is 5.61. The Morgan fingerprint density at radius 1 is 1.19 bits per heavy atom. The molecule has 0 aromatic rings. The second kappa shape index (κ2) is 11.8. The highest BCUT2D eigenvalue weighted by atomic mass is 16.5. The highest BCUT2D eigenvalue weighted by molar-refractivity contribution is 5.79. The van der Waals surface area contributed by atoms with Crippen LogP contribution in [0.15, 0.2) is 4.99 Å². The van der Waals surface area contributed by atoms with Gasteiger partial charge in [0.2, 0.25) is 0 Å². The van der Waals surface area contributed by atoms with Gasteiger partial charge in [0.15, 0.2) is 5.96 Å². The van der Waals surface area contributed by atoms with Gasteiger partial charge in [-0.15, -0.1) is 0 Å². The van der Waals surface area contributed by atoms with Gasteiger partial charge in [-0.2, -0.15) is 0 Å². The molecule has 21 heavy (non-hydrogen) atoms. The summed E-state index contributed by atoms with van der Waals surface area (Å²) in [7, 11) is 0. The summed E-state index contributed by atoms with van der Waals surface area (Å²) in [5.74, 6) is 0.927. The standard InChI is InChI=1S/C16H34N4O/c1-4-17-16(19-14-15-10-9-13-21-15)18-11-7-8-12-20(5-2)6-3/h15H,4-14H2,1-3H3,(H2,17,18,19). The molecule has 5 heteroatoms. The van der Waals surface area contributed by atoms with Crippen LogP contribution < -0.4 is 10.6 Å². The number of hydrogen-bond donors (Lipinski definition) is 2. The van der Waals surface area contributed by atoms with Crippen molar-refractivity contribution in [3.63, 3.8) is 0 Å². The molecule has 1 heterocycles. The third kappa shape index (κ3) is 8.27. The molecule has 1 atom stereocenters. The number of unbranched alkanes of at least 4 members (excludes halogenated alkanes) is 1. The predicted octanol–water partition coefficient (Wildman–Crippen LogP) is 1.84. The molecule has 5 nitrogen and oxygen atoms in total. The van der Waals surface area contributed by atoms with E-state index in [-0.39, 0.29) is 0 Å². The van der Waals surface area contributed by atoms with Gasteiger partial charge in [-0.25, -0.2) is 0 Å². The minimum absolute atomic E-state index is 0.322. The van der Waals surface area contributed by atoms with Crippen molar-refractivity contribution in [2.75, 3.05) is 45.9 Å². The summed E-state index contributed by atoms with van der Waals surface area (Å²) in [6.07, 6.45) is 5.06. The van der Waals surface area contributed by atoms with E-state index in [0.29, 0.717) is 6.10 Å². The quantitative estimate of drug-likeness (QED) is 0.367. The Balaban J connectivity index is 2.16. The number of nitrogens with one attached hydrogen (secondary N) is 2. The number of rotatable bonds is 10. The van der Waals surface area contributed by atoms with Crippen LogP contribution in [0.1, 0.15) is 46.5 Å². The highest BCUT2D eigenvalue weighted by Gasteiger charge is 2.14. The first-order valence-corrected chi connectivity index (χ1v) is 8.66. The number of aliphatic imine (C=N–C) groups is 1. The van der Waals surface area contributed by atoms with Crippen molar-refractivity contribution in [2.45, 2.75) is 52.6 Å². The van der Waals surface area contributed by atoms with E-state index in [9.17, 15) is 0 Å². The van der Waals surface area contributed by atoms with Gasteiger partial charge < -0.3 is 20.3 Å². The van der Waals surface area contributed by atoms with E-state index < -0.39 is 0 Å². The first-order valence-electron chi connectivity index (χ1n) is 8.66. The van der Waals surface area contributed by atoms with E-state index in [1.54, 1.807) is 0 Å². The molecule has 1 rings (SSSR count). The topological polar surface area (TPSA) is 48.9 Å². The van der Waals surface area contributed by atoms with E-state index in [4.69, 9.17) is 4.74 Å². The lowest BCUT2D eigenvalue weighted by Crippen LogP contribution is -2.38. The van der Waals surface area contributed by atoms with Crippen LogP contribution in [0.5, 0.6) is 0 Å². The molecule has 0 spiro atoms. The van der Waals surface area contributed by atoms with Crippen LogP contribution in [0, 0.1) is 0 Å². The number of nitrogens with zero attached hydrogens (tertiary/aromatic N) is 2. The molecule has 2 N–H and O–H groups in total. The van der Waals surface area contributed by atoms with Crippen molar-refractivity contribution in [1.82, 2.24) is 15.5 Å². The van der Waals surface area contributed by atoms with Crippen LogP contribution in [0.4, 0.5) is 0 Å². The first kappa shape index (κ1) is 18.2. The molecule has 0 bridgehead atoms. The first-order chi connectivity index (χ1) is 10.3. The lowest BCUT2D eigenvalue weighted by atomic mass is 10.2. The molecule has 1 saturated heterocycles. The maximum Gasteiger partial charge on any atom is 0.191 e. The Bertz CT molecular complexity index is 273. The second-order valence-corrected chi connectivity index (χ2v) is 5.52. The van der Waals surface area contributed by atoms with Crippen molar-refractivity contribution >= 4 is 5.96 Å². The summed E-state index contributed by atoms with van der Waals surface area (Å²) in [5, 5.41) is 6.72. The van der Waals surface area contributed by atoms with Crippen molar-refractivity contribution in [3.05, 3.63) is 0 Å². The van der Waals surface area contributed by atoms with E-state index >= 15 is 0 Å². The van der Waals surface area contributed by atoms with Gasteiger partial charge in [-0.05, 0) is 52.2 Å². The van der Waals surface area contributed by atoms with Gasteiger partial charge in [0, 0.05) is 19.7 Å². The van der Waals surface area contributed by atoms with Gasteiger partial charge in [0.25, 0.3) is 0 Å². The van der Waals surface area contributed by atoms with Gasteiger partial charge in [-0.1, -0.05) is 13.8 Å². The molecule has 0 saturated carbocycles. The Morgan fingerprint density at radius 3 is 2.62 bits per heavy atom. The molecule has 1 unspecified atom stereocenters. The molecule has 1 fully saturated rings. The van der Waals surface area contributed by atoms with Crippen LogP contribution in [0.25, 0.3) is 0 Å². The fourth-order valence-electron chi connectivity index (χ4n) is 2.53. The average Bonchev–Trinajstić information content (AvgIpc) is 3.01.